The van der Waals surface area contributed by atoms with Crippen LogP contribution in [-0.2, 0) is 5.41 Å². The Morgan fingerprint density at radius 3 is 2.18 bits per heavy atom. The van der Waals surface area contributed by atoms with Crippen LogP contribution in [0.3, 0.4) is 0 Å². The van der Waals surface area contributed by atoms with Crippen LogP contribution in [0.25, 0.3) is 0 Å². The van der Waals surface area contributed by atoms with Crippen LogP contribution < -0.4 is 0 Å². The molecule has 17 heavy (non-hydrogen) atoms. The number of aliphatic hydroxyl groups is 1. The van der Waals surface area contributed by atoms with E-state index in [4.69, 9.17) is 0 Å². The van der Waals surface area contributed by atoms with E-state index in [1.54, 1.807) is 11.3 Å². The van der Waals surface area contributed by atoms with E-state index in [1.165, 1.54) is 4.88 Å². The van der Waals surface area contributed by atoms with Gasteiger partial charge < -0.3 is 5.11 Å². The van der Waals surface area contributed by atoms with Crippen molar-refractivity contribution in [3.05, 3.63) is 21.9 Å². The van der Waals surface area contributed by atoms with Crippen molar-refractivity contribution in [2.45, 2.75) is 65.4 Å². The molecule has 0 aliphatic rings. The fourth-order valence-corrected chi connectivity index (χ4v) is 3.05. The molecular weight excluding hydrogens is 228 g/mol. The Morgan fingerprint density at radius 1 is 1.18 bits per heavy atom. The van der Waals surface area contributed by atoms with Gasteiger partial charge in [-0.3, -0.25) is 0 Å². The van der Waals surface area contributed by atoms with E-state index >= 15 is 0 Å². The summed E-state index contributed by atoms with van der Waals surface area (Å²) in [5.41, 5.74) is 0.192. The van der Waals surface area contributed by atoms with Gasteiger partial charge in [0.15, 0.2) is 0 Å². The molecule has 1 unspecified atom stereocenters. The molecular formula is C15H26OS. The van der Waals surface area contributed by atoms with Crippen LogP contribution in [0.5, 0.6) is 0 Å². The minimum atomic E-state index is -0.277. The molecule has 0 saturated heterocycles. The van der Waals surface area contributed by atoms with E-state index < -0.39 is 0 Å². The van der Waals surface area contributed by atoms with Gasteiger partial charge in [-0.1, -0.05) is 47.5 Å². The first kappa shape index (κ1) is 14.7. The molecule has 1 aromatic heterocycles. The van der Waals surface area contributed by atoms with Gasteiger partial charge in [0.2, 0.25) is 0 Å². The zero-order valence-electron chi connectivity index (χ0n) is 11.8. The fraction of sp³-hybridized carbons (Fsp3) is 0.733. The molecule has 0 aliphatic carbocycles. The van der Waals surface area contributed by atoms with Crippen molar-refractivity contribution in [1.29, 1.82) is 0 Å². The smallest absolute Gasteiger partial charge is 0.0884 e. The van der Waals surface area contributed by atoms with Gasteiger partial charge in [-0.25, -0.2) is 0 Å². The maximum atomic E-state index is 10.2. The highest BCUT2D eigenvalue weighted by atomic mass is 32.1. The molecule has 0 radical (unpaired) electrons. The molecule has 1 atom stereocenters. The van der Waals surface area contributed by atoms with Crippen LogP contribution >= 0.6 is 11.3 Å². The summed E-state index contributed by atoms with van der Waals surface area (Å²) in [4.78, 5) is 2.48. The number of hydrogen-bond donors (Lipinski definition) is 1. The van der Waals surface area contributed by atoms with Gasteiger partial charge in [-0.05, 0) is 29.9 Å². The van der Waals surface area contributed by atoms with Crippen LogP contribution in [0.1, 0.15) is 69.7 Å². The van der Waals surface area contributed by atoms with Crippen LogP contribution in [-0.4, -0.2) is 5.11 Å². The highest BCUT2D eigenvalue weighted by Crippen LogP contribution is 2.35. The fourth-order valence-electron chi connectivity index (χ4n) is 1.99. The Labute approximate surface area is 110 Å². The van der Waals surface area contributed by atoms with E-state index in [-0.39, 0.29) is 11.5 Å². The lowest BCUT2D eigenvalue weighted by molar-refractivity contribution is 0.144. The monoisotopic (exact) mass is 254 g/mol. The number of thiophene rings is 1. The molecule has 0 aliphatic heterocycles. The van der Waals surface area contributed by atoms with Crippen LogP contribution in [0, 0.1) is 5.92 Å². The van der Waals surface area contributed by atoms with Crippen molar-refractivity contribution >= 4 is 11.3 Å². The third-order valence-corrected chi connectivity index (χ3v) is 5.02. The molecule has 1 N–H and O–H groups in total. The lowest BCUT2D eigenvalue weighted by atomic mass is 9.94. The van der Waals surface area contributed by atoms with E-state index in [1.807, 2.05) is 0 Å². The van der Waals surface area contributed by atoms with Gasteiger partial charge in [-0.2, -0.15) is 0 Å². The lowest BCUT2D eigenvalue weighted by Gasteiger charge is -2.17. The van der Waals surface area contributed by atoms with Gasteiger partial charge in [0.25, 0.3) is 0 Å². The van der Waals surface area contributed by atoms with Crippen LogP contribution in [0.4, 0.5) is 0 Å². The van der Waals surface area contributed by atoms with Gasteiger partial charge in [-0.15, -0.1) is 11.3 Å². The molecule has 0 bridgehead atoms. The first-order chi connectivity index (χ1) is 7.88. The third-order valence-electron chi connectivity index (χ3n) is 3.41. The molecule has 0 aromatic carbocycles. The predicted octanol–water partition coefficient (Wildman–Crippen LogP) is 4.91. The van der Waals surface area contributed by atoms with Crippen molar-refractivity contribution in [3.8, 4) is 0 Å². The van der Waals surface area contributed by atoms with Crippen molar-refractivity contribution in [3.63, 3.8) is 0 Å². The second-order valence-electron chi connectivity index (χ2n) is 5.89. The highest BCUT2D eigenvalue weighted by Gasteiger charge is 2.20. The molecule has 1 heterocycles. The molecule has 1 aromatic rings. The molecule has 0 spiro atoms. The largest absolute Gasteiger partial charge is 0.388 e. The summed E-state index contributed by atoms with van der Waals surface area (Å²) in [6.07, 6.45) is 2.94. The average molecular weight is 254 g/mol. The van der Waals surface area contributed by atoms with Gasteiger partial charge in [0.05, 0.1) is 6.10 Å². The summed E-state index contributed by atoms with van der Waals surface area (Å²) in [5, 5.41) is 10.2. The van der Waals surface area contributed by atoms with E-state index in [2.05, 4.69) is 46.8 Å². The Bertz CT molecular complexity index is 331. The molecule has 0 saturated carbocycles. The maximum absolute atomic E-state index is 10.2. The Hall–Kier alpha value is -0.340. The highest BCUT2D eigenvalue weighted by molar-refractivity contribution is 7.12. The minimum absolute atomic E-state index is 0.192. The Morgan fingerprint density at radius 2 is 1.76 bits per heavy atom. The SMILES string of the molecule is CCC(CC)CC(O)c1ccc(C(C)(C)C)s1. The number of hydrogen-bond acceptors (Lipinski definition) is 2. The van der Waals surface area contributed by atoms with Crippen molar-refractivity contribution in [2.24, 2.45) is 5.92 Å². The van der Waals surface area contributed by atoms with Gasteiger partial charge in [0.1, 0.15) is 0 Å². The van der Waals surface area contributed by atoms with Crippen LogP contribution in [0.15, 0.2) is 12.1 Å². The molecule has 2 heteroatoms. The summed E-state index contributed by atoms with van der Waals surface area (Å²) >= 11 is 1.76. The lowest BCUT2D eigenvalue weighted by Crippen LogP contribution is -2.08. The summed E-state index contributed by atoms with van der Waals surface area (Å²) in [6.45, 7) is 11.1. The van der Waals surface area contributed by atoms with E-state index in [9.17, 15) is 5.11 Å². The zero-order valence-corrected chi connectivity index (χ0v) is 12.6. The average Bonchev–Trinajstić information content (AvgIpc) is 2.74. The van der Waals surface area contributed by atoms with Crippen molar-refractivity contribution in [2.75, 3.05) is 0 Å². The second-order valence-corrected chi connectivity index (χ2v) is 7.00. The zero-order chi connectivity index (χ0) is 13.1. The summed E-state index contributed by atoms with van der Waals surface area (Å²) in [5.74, 6) is 0.644. The minimum Gasteiger partial charge on any atom is -0.388 e. The first-order valence-electron chi connectivity index (χ1n) is 6.66. The van der Waals surface area contributed by atoms with E-state index in [0.29, 0.717) is 5.92 Å². The number of rotatable bonds is 5. The third kappa shape index (κ3) is 4.11. The Balaban J connectivity index is 2.70. The van der Waals surface area contributed by atoms with Crippen LogP contribution in [0.2, 0.25) is 0 Å². The molecule has 98 valence electrons. The van der Waals surface area contributed by atoms with Crippen molar-refractivity contribution < 1.29 is 5.11 Å². The normalized spacial score (nSPS) is 14.3. The summed E-state index contributed by atoms with van der Waals surface area (Å²) in [7, 11) is 0. The van der Waals surface area contributed by atoms with E-state index in [0.717, 1.165) is 24.1 Å². The van der Waals surface area contributed by atoms with Gasteiger partial charge >= 0.3 is 0 Å². The maximum Gasteiger partial charge on any atom is 0.0884 e. The first-order valence-corrected chi connectivity index (χ1v) is 7.48. The molecule has 0 amide bonds. The topological polar surface area (TPSA) is 20.2 Å². The Kier molecular flexibility index (Phi) is 5.21. The van der Waals surface area contributed by atoms with Gasteiger partial charge in [0, 0.05) is 9.75 Å². The standard InChI is InChI=1S/C15H26OS/c1-6-11(7-2)10-12(16)13-8-9-14(17-13)15(3,4)5/h8-9,11-12,16H,6-7,10H2,1-5H3. The molecule has 0 fully saturated rings. The molecule has 1 rings (SSSR count). The van der Waals surface area contributed by atoms with Crippen molar-refractivity contribution in [1.82, 2.24) is 0 Å². The number of aliphatic hydroxyl groups excluding tert-OH is 1. The predicted molar refractivity (Wildman–Crippen MR) is 76.7 cm³/mol. The summed E-state index contributed by atoms with van der Waals surface area (Å²) < 4.78 is 0. The summed E-state index contributed by atoms with van der Waals surface area (Å²) in [6, 6.07) is 4.26. The second kappa shape index (κ2) is 6.01. The quantitative estimate of drug-likeness (QED) is 0.792. The molecule has 1 nitrogen and oxygen atoms in total.